The van der Waals surface area contributed by atoms with Crippen molar-refractivity contribution >= 4 is 27.8 Å². The van der Waals surface area contributed by atoms with Crippen molar-refractivity contribution in [3.05, 3.63) is 78.1 Å². The van der Waals surface area contributed by atoms with Gasteiger partial charge in [0.05, 0.1) is 35.4 Å². The lowest BCUT2D eigenvalue weighted by Gasteiger charge is -2.12. The first-order valence-corrected chi connectivity index (χ1v) is 10.0. The van der Waals surface area contributed by atoms with Gasteiger partial charge in [-0.2, -0.15) is 0 Å². The van der Waals surface area contributed by atoms with Gasteiger partial charge >= 0.3 is 0 Å². The average molecular weight is 411 g/mol. The summed E-state index contributed by atoms with van der Waals surface area (Å²) in [5, 5.41) is 10.3. The Morgan fingerprint density at radius 2 is 1.68 bits per heavy atom. The Kier molecular flexibility index (Phi) is 4.63. The van der Waals surface area contributed by atoms with Gasteiger partial charge in [0.1, 0.15) is 5.75 Å². The van der Waals surface area contributed by atoms with Crippen LogP contribution in [-0.2, 0) is 0 Å². The Hall–Kier alpha value is -4.13. The van der Waals surface area contributed by atoms with Crippen molar-refractivity contribution in [1.29, 1.82) is 0 Å². The van der Waals surface area contributed by atoms with Crippen molar-refractivity contribution < 1.29 is 9.53 Å². The lowest BCUT2D eigenvalue weighted by Crippen LogP contribution is -2.27. The Bertz CT molecular complexity index is 1370. The molecule has 7 nitrogen and oxygen atoms in total. The van der Waals surface area contributed by atoms with E-state index in [4.69, 9.17) is 4.74 Å². The minimum atomic E-state index is -0.293. The number of aromatic amines is 2. The maximum absolute atomic E-state index is 12.7. The molecule has 1 atom stereocenters. The SMILES string of the molecule is COc1ccc(-c2[nH][nH]c3cc4nc(C(=O)N[C@H](C)c5ccccc5)nc4cc23)cc1. The van der Waals surface area contributed by atoms with Crippen LogP contribution in [0, 0.1) is 0 Å². The molecule has 3 aromatic carbocycles. The van der Waals surface area contributed by atoms with Gasteiger partial charge in [0.25, 0.3) is 5.91 Å². The highest BCUT2D eigenvalue weighted by Gasteiger charge is 2.18. The molecule has 0 unspecified atom stereocenters. The number of hydrogen-bond donors (Lipinski definition) is 3. The standard InChI is InChI=1S/C24H21N5O2/c1-14(15-6-4-3-5-7-15)25-24(30)23-26-20-12-18-19(13-21(20)27-23)28-29-22(18)16-8-10-17(31-2)11-9-16/h3-14,28-29H,1-2H3,(H,25,30)/t14-/m1/s1. The van der Waals surface area contributed by atoms with Gasteiger partial charge in [-0.25, -0.2) is 9.97 Å². The second-order valence-electron chi connectivity index (χ2n) is 7.39. The second-order valence-corrected chi connectivity index (χ2v) is 7.39. The fourth-order valence-electron chi connectivity index (χ4n) is 3.69. The summed E-state index contributed by atoms with van der Waals surface area (Å²) >= 11 is 0. The first kappa shape index (κ1) is 18.9. The van der Waals surface area contributed by atoms with Crippen LogP contribution in [0.3, 0.4) is 0 Å². The van der Waals surface area contributed by atoms with Gasteiger partial charge in [0, 0.05) is 10.9 Å². The van der Waals surface area contributed by atoms with Gasteiger partial charge in [-0.05, 0) is 48.9 Å². The summed E-state index contributed by atoms with van der Waals surface area (Å²) in [5.41, 5.74) is 5.21. The Morgan fingerprint density at radius 1 is 0.968 bits per heavy atom. The van der Waals surface area contributed by atoms with Crippen molar-refractivity contribution in [1.82, 2.24) is 25.5 Å². The number of rotatable bonds is 5. The van der Waals surface area contributed by atoms with E-state index in [-0.39, 0.29) is 17.8 Å². The molecule has 0 saturated carbocycles. The quantitative estimate of drug-likeness (QED) is 0.394. The molecule has 0 aliphatic rings. The van der Waals surface area contributed by atoms with Crippen molar-refractivity contribution in [3.8, 4) is 17.0 Å². The molecular formula is C24H21N5O2. The van der Waals surface area contributed by atoms with Gasteiger partial charge in [0.2, 0.25) is 5.82 Å². The minimum Gasteiger partial charge on any atom is -0.497 e. The molecule has 0 saturated heterocycles. The summed E-state index contributed by atoms with van der Waals surface area (Å²) in [6, 6.07) is 21.3. The van der Waals surface area contributed by atoms with Crippen LogP contribution >= 0.6 is 0 Å². The number of carbonyl (C=O) groups is 1. The number of imidazole rings is 1. The molecular weight excluding hydrogens is 390 g/mol. The molecule has 31 heavy (non-hydrogen) atoms. The number of benzene rings is 3. The highest BCUT2D eigenvalue weighted by atomic mass is 16.5. The van der Waals surface area contributed by atoms with E-state index in [0.717, 1.165) is 33.5 Å². The summed E-state index contributed by atoms with van der Waals surface area (Å²) in [6.07, 6.45) is 0. The third kappa shape index (κ3) is 3.50. The predicted octanol–water partition coefficient (Wildman–Crippen LogP) is 4.61. The van der Waals surface area contributed by atoms with E-state index in [1.54, 1.807) is 7.11 Å². The van der Waals surface area contributed by atoms with Gasteiger partial charge in [-0.15, -0.1) is 0 Å². The minimum absolute atomic E-state index is 0.138. The lowest BCUT2D eigenvalue weighted by molar-refractivity contribution is 0.0930. The molecule has 5 aromatic rings. The number of nitrogens with zero attached hydrogens (tertiary/aromatic N) is 2. The Labute approximate surface area is 178 Å². The molecule has 0 aliphatic heterocycles. The topological polar surface area (TPSA) is 95.7 Å². The smallest absolute Gasteiger partial charge is 0.289 e. The third-order valence-electron chi connectivity index (χ3n) is 5.39. The highest BCUT2D eigenvalue weighted by Crippen LogP contribution is 2.30. The number of H-pyrrole nitrogens is 2. The molecule has 0 aliphatic carbocycles. The van der Waals surface area contributed by atoms with Gasteiger partial charge in [-0.1, -0.05) is 30.3 Å². The van der Waals surface area contributed by atoms with E-state index < -0.39 is 0 Å². The highest BCUT2D eigenvalue weighted by molar-refractivity contribution is 6.02. The fourth-order valence-corrected chi connectivity index (χ4v) is 3.69. The Balaban J connectivity index is 1.46. The zero-order valence-corrected chi connectivity index (χ0v) is 17.1. The second kappa shape index (κ2) is 7.60. The molecule has 0 fully saturated rings. The summed E-state index contributed by atoms with van der Waals surface area (Å²) < 4.78 is 5.24. The van der Waals surface area contributed by atoms with Crippen LogP contribution in [0.15, 0.2) is 66.7 Å². The van der Waals surface area contributed by atoms with Crippen LogP contribution in [0.1, 0.15) is 29.1 Å². The number of fused-ring (bicyclic) bond motifs is 2. The molecule has 0 radical (unpaired) electrons. The van der Waals surface area contributed by atoms with E-state index in [0.29, 0.717) is 11.0 Å². The van der Waals surface area contributed by atoms with Gasteiger partial charge in [0.15, 0.2) is 0 Å². The van der Waals surface area contributed by atoms with E-state index in [1.807, 2.05) is 73.7 Å². The number of aromatic nitrogens is 4. The summed E-state index contributed by atoms with van der Waals surface area (Å²) in [4.78, 5) is 21.6. The number of nitrogens with one attached hydrogen (secondary N) is 3. The molecule has 0 bridgehead atoms. The first-order valence-electron chi connectivity index (χ1n) is 10.0. The number of methoxy groups -OCH3 is 1. The van der Waals surface area contributed by atoms with E-state index in [9.17, 15) is 4.79 Å². The molecule has 0 spiro atoms. The van der Waals surface area contributed by atoms with E-state index in [2.05, 4.69) is 25.5 Å². The largest absolute Gasteiger partial charge is 0.497 e. The van der Waals surface area contributed by atoms with Crippen LogP contribution in [0.2, 0.25) is 0 Å². The van der Waals surface area contributed by atoms with E-state index in [1.165, 1.54) is 0 Å². The van der Waals surface area contributed by atoms with Crippen LogP contribution in [0.25, 0.3) is 33.2 Å². The van der Waals surface area contributed by atoms with Crippen molar-refractivity contribution in [2.45, 2.75) is 13.0 Å². The molecule has 154 valence electrons. The maximum atomic E-state index is 12.7. The monoisotopic (exact) mass is 411 g/mol. The van der Waals surface area contributed by atoms with Crippen molar-refractivity contribution in [2.75, 3.05) is 7.11 Å². The van der Waals surface area contributed by atoms with Gasteiger partial charge < -0.3 is 15.2 Å². The van der Waals surface area contributed by atoms with Crippen LogP contribution in [0.4, 0.5) is 0 Å². The normalized spacial score (nSPS) is 12.2. The average Bonchev–Trinajstić information content (AvgIpc) is 3.41. The summed E-state index contributed by atoms with van der Waals surface area (Å²) in [7, 11) is 1.64. The van der Waals surface area contributed by atoms with E-state index >= 15 is 0 Å². The lowest BCUT2D eigenvalue weighted by atomic mass is 10.1. The number of ether oxygens (including phenoxy) is 1. The molecule has 3 N–H and O–H groups in total. The van der Waals surface area contributed by atoms with Gasteiger partial charge in [-0.3, -0.25) is 9.89 Å². The number of hydrogen-bond acceptors (Lipinski definition) is 4. The van der Waals surface area contributed by atoms with Crippen molar-refractivity contribution in [2.24, 2.45) is 0 Å². The molecule has 2 heterocycles. The van der Waals surface area contributed by atoms with Crippen LogP contribution in [0.5, 0.6) is 5.75 Å². The first-order chi connectivity index (χ1) is 15.1. The van der Waals surface area contributed by atoms with Crippen LogP contribution in [-0.4, -0.2) is 33.2 Å². The zero-order chi connectivity index (χ0) is 21.4. The maximum Gasteiger partial charge on any atom is 0.289 e. The summed E-state index contributed by atoms with van der Waals surface area (Å²) in [5.74, 6) is 0.673. The number of carbonyl (C=O) groups excluding carboxylic acids is 1. The molecule has 1 amide bonds. The zero-order valence-electron chi connectivity index (χ0n) is 17.1. The van der Waals surface area contributed by atoms with Crippen LogP contribution < -0.4 is 10.1 Å². The number of amides is 1. The predicted molar refractivity (Wildman–Crippen MR) is 120 cm³/mol. The third-order valence-corrected chi connectivity index (χ3v) is 5.39. The molecule has 5 rings (SSSR count). The van der Waals surface area contributed by atoms with Crippen molar-refractivity contribution in [3.63, 3.8) is 0 Å². The molecule has 2 aromatic heterocycles. The Morgan fingerprint density at radius 3 is 2.39 bits per heavy atom. The summed E-state index contributed by atoms with van der Waals surface area (Å²) in [6.45, 7) is 1.94. The fraction of sp³-hybridized carbons (Fsp3) is 0.125. The molecule has 7 heteroatoms.